The molecule has 0 amide bonds. The first-order chi connectivity index (χ1) is 9.70. The van der Waals surface area contributed by atoms with Gasteiger partial charge in [-0.2, -0.15) is 9.97 Å². The van der Waals surface area contributed by atoms with E-state index in [1.807, 2.05) is 41.5 Å². The molecule has 8 heteroatoms. The molecular weight excluding hydrogens is 272 g/mol. The number of nitrogens with one attached hydrogen (secondary N) is 3. The van der Waals surface area contributed by atoms with Crippen molar-refractivity contribution < 1.29 is 4.92 Å². The van der Waals surface area contributed by atoms with Crippen molar-refractivity contribution in [2.45, 2.75) is 59.7 Å². The Morgan fingerprint density at radius 3 is 1.52 bits per heavy atom. The second-order valence-corrected chi connectivity index (χ2v) is 5.75. The van der Waals surface area contributed by atoms with Crippen LogP contribution in [-0.2, 0) is 0 Å². The molecule has 8 nitrogen and oxygen atoms in total. The number of rotatable bonds is 7. The number of hydrogen-bond donors (Lipinski definition) is 3. The van der Waals surface area contributed by atoms with Crippen LogP contribution in [0.25, 0.3) is 0 Å². The molecule has 1 heterocycles. The number of nitrogens with zero attached hydrogens (tertiary/aromatic N) is 3. The Morgan fingerprint density at radius 1 is 0.857 bits per heavy atom. The molecule has 0 saturated heterocycles. The zero-order chi connectivity index (χ0) is 16.2. The van der Waals surface area contributed by atoms with Crippen LogP contribution in [0.4, 0.5) is 23.3 Å². The first-order valence-electron chi connectivity index (χ1n) is 7.06. The van der Waals surface area contributed by atoms with E-state index in [1.54, 1.807) is 0 Å². The predicted octanol–water partition coefficient (Wildman–Crippen LogP) is 2.85. The van der Waals surface area contributed by atoms with Crippen LogP contribution in [0.1, 0.15) is 41.5 Å². The summed E-state index contributed by atoms with van der Waals surface area (Å²) in [6.07, 6.45) is 0. The molecular formula is C13H24N6O2. The molecule has 3 N–H and O–H groups in total. The summed E-state index contributed by atoms with van der Waals surface area (Å²) in [5.74, 6) is 0.800. The summed E-state index contributed by atoms with van der Waals surface area (Å²) >= 11 is 0. The van der Waals surface area contributed by atoms with Gasteiger partial charge in [0.15, 0.2) is 0 Å². The molecule has 0 fully saturated rings. The summed E-state index contributed by atoms with van der Waals surface area (Å²) < 4.78 is 0. The molecule has 0 unspecified atom stereocenters. The van der Waals surface area contributed by atoms with Gasteiger partial charge in [-0.1, -0.05) is 0 Å². The molecule has 0 aliphatic rings. The van der Waals surface area contributed by atoms with Gasteiger partial charge in [-0.05, 0) is 41.5 Å². The van der Waals surface area contributed by atoms with Gasteiger partial charge in [0.2, 0.25) is 17.6 Å². The van der Waals surface area contributed by atoms with Crippen molar-refractivity contribution in [1.29, 1.82) is 0 Å². The Morgan fingerprint density at radius 2 is 1.24 bits per heavy atom. The van der Waals surface area contributed by atoms with Gasteiger partial charge in [-0.3, -0.25) is 10.1 Å². The van der Waals surface area contributed by atoms with E-state index in [4.69, 9.17) is 0 Å². The summed E-state index contributed by atoms with van der Waals surface area (Å²) in [6.45, 7) is 11.5. The lowest BCUT2D eigenvalue weighted by Gasteiger charge is -2.16. The average molecular weight is 296 g/mol. The first kappa shape index (κ1) is 16.9. The van der Waals surface area contributed by atoms with Crippen LogP contribution in [0.2, 0.25) is 0 Å². The molecule has 0 bridgehead atoms. The van der Waals surface area contributed by atoms with Crippen LogP contribution >= 0.6 is 0 Å². The predicted molar refractivity (Wildman–Crippen MR) is 85.0 cm³/mol. The maximum absolute atomic E-state index is 11.4. The lowest BCUT2D eigenvalue weighted by molar-refractivity contribution is -0.383. The van der Waals surface area contributed by atoms with E-state index >= 15 is 0 Å². The highest BCUT2D eigenvalue weighted by molar-refractivity contribution is 5.72. The van der Waals surface area contributed by atoms with Crippen molar-refractivity contribution in [3.8, 4) is 0 Å². The van der Waals surface area contributed by atoms with E-state index in [0.717, 1.165) is 0 Å². The molecule has 0 atom stereocenters. The monoisotopic (exact) mass is 296 g/mol. The van der Waals surface area contributed by atoms with Crippen LogP contribution in [0.5, 0.6) is 0 Å². The number of aromatic nitrogens is 2. The highest BCUT2D eigenvalue weighted by Gasteiger charge is 2.26. The van der Waals surface area contributed by atoms with Gasteiger partial charge in [-0.25, -0.2) is 0 Å². The van der Waals surface area contributed by atoms with Gasteiger partial charge in [0.05, 0.1) is 4.92 Å². The van der Waals surface area contributed by atoms with Crippen molar-refractivity contribution in [3.05, 3.63) is 10.1 Å². The molecule has 0 spiro atoms. The van der Waals surface area contributed by atoms with Gasteiger partial charge in [-0.15, -0.1) is 0 Å². The van der Waals surface area contributed by atoms with Crippen LogP contribution in [0.15, 0.2) is 0 Å². The maximum Gasteiger partial charge on any atom is 0.353 e. The second-order valence-electron chi connectivity index (χ2n) is 5.75. The highest BCUT2D eigenvalue weighted by atomic mass is 16.6. The minimum atomic E-state index is -0.464. The van der Waals surface area contributed by atoms with E-state index in [9.17, 15) is 10.1 Å². The topological polar surface area (TPSA) is 105 Å². The fraction of sp³-hybridized carbons (Fsp3) is 0.692. The van der Waals surface area contributed by atoms with E-state index in [2.05, 4.69) is 25.9 Å². The Kier molecular flexibility index (Phi) is 5.69. The SMILES string of the molecule is CC(C)Nc1nc(NC(C)C)c([N+](=O)[O-])c(NC(C)C)n1. The van der Waals surface area contributed by atoms with Crippen molar-refractivity contribution >= 4 is 23.3 Å². The quantitative estimate of drug-likeness (QED) is 0.525. The van der Waals surface area contributed by atoms with Gasteiger partial charge in [0, 0.05) is 18.1 Å². The summed E-state index contributed by atoms with van der Waals surface area (Å²) in [6, 6.07) is 0.181. The molecule has 1 aromatic heterocycles. The fourth-order valence-corrected chi connectivity index (χ4v) is 1.70. The largest absolute Gasteiger partial charge is 0.362 e. The standard InChI is InChI=1S/C13H24N6O2/c1-7(2)14-11-10(19(20)21)12(15-8(3)4)18-13(17-11)16-9(5)6/h7-9H,1-6H3,(H3,14,15,16,17,18). The number of anilines is 3. The van der Waals surface area contributed by atoms with Crippen molar-refractivity contribution in [2.75, 3.05) is 16.0 Å². The Hall–Kier alpha value is -2.12. The van der Waals surface area contributed by atoms with Gasteiger partial charge in [0.25, 0.3) is 0 Å². The van der Waals surface area contributed by atoms with Crippen LogP contribution < -0.4 is 16.0 Å². The lowest BCUT2D eigenvalue weighted by atomic mass is 10.3. The fourth-order valence-electron chi connectivity index (χ4n) is 1.70. The molecule has 1 aromatic rings. The highest BCUT2D eigenvalue weighted by Crippen LogP contribution is 2.32. The normalized spacial score (nSPS) is 11.1. The van der Waals surface area contributed by atoms with E-state index in [-0.39, 0.29) is 35.4 Å². The summed E-state index contributed by atoms with van der Waals surface area (Å²) in [4.78, 5) is 19.4. The number of nitro groups is 1. The van der Waals surface area contributed by atoms with Crippen LogP contribution in [0, 0.1) is 10.1 Å². The average Bonchev–Trinajstić information content (AvgIpc) is 2.24. The zero-order valence-corrected chi connectivity index (χ0v) is 13.4. The lowest BCUT2D eigenvalue weighted by Crippen LogP contribution is -2.20. The summed E-state index contributed by atoms with van der Waals surface area (Å²) in [7, 11) is 0. The minimum absolute atomic E-state index is 0.0254. The number of hydrogen-bond acceptors (Lipinski definition) is 7. The molecule has 0 saturated carbocycles. The third-order valence-corrected chi connectivity index (χ3v) is 2.34. The molecule has 0 radical (unpaired) electrons. The van der Waals surface area contributed by atoms with E-state index in [1.165, 1.54) is 0 Å². The zero-order valence-electron chi connectivity index (χ0n) is 13.4. The summed E-state index contributed by atoms with van der Waals surface area (Å²) in [5.41, 5.74) is -0.133. The molecule has 21 heavy (non-hydrogen) atoms. The minimum Gasteiger partial charge on any atom is -0.362 e. The Labute approximate surface area is 124 Å². The maximum atomic E-state index is 11.4. The second kappa shape index (κ2) is 7.05. The Balaban J connectivity index is 3.37. The molecule has 0 aliphatic heterocycles. The van der Waals surface area contributed by atoms with Gasteiger partial charge < -0.3 is 16.0 Å². The first-order valence-corrected chi connectivity index (χ1v) is 7.06. The van der Waals surface area contributed by atoms with Crippen molar-refractivity contribution in [3.63, 3.8) is 0 Å². The molecule has 118 valence electrons. The third-order valence-electron chi connectivity index (χ3n) is 2.34. The van der Waals surface area contributed by atoms with Crippen LogP contribution in [-0.4, -0.2) is 33.0 Å². The third kappa shape index (κ3) is 5.05. The van der Waals surface area contributed by atoms with E-state index in [0.29, 0.717) is 5.95 Å². The van der Waals surface area contributed by atoms with Crippen molar-refractivity contribution in [1.82, 2.24) is 9.97 Å². The molecule has 0 aliphatic carbocycles. The molecule has 1 rings (SSSR count). The van der Waals surface area contributed by atoms with Gasteiger partial charge >= 0.3 is 5.69 Å². The molecule has 0 aromatic carbocycles. The summed E-state index contributed by atoms with van der Waals surface area (Å²) in [5, 5.41) is 20.5. The van der Waals surface area contributed by atoms with Crippen LogP contribution in [0.3, 0.4) is 0 Å². The van der Waals surface area contributed by atoms with Gasteiger partial charge in [0.1, 0.15) is 0 Å². The van der Waals surface area contributed by atoms with E-state index < -0.39 is 4.92 Å². The Bertz CT molecular complexity index is 470. The van der Waals surface area contributed by atoms with Crippen molar-refractivity contribution in [2.24, 2.45) is 0 Å². The smallest absolute Gasteiger partial charge is 0.353 e.